The van der Waals surface area contributed by atoms with E-state index >= 15 is 0 Å². The van der Waals surface area contributed by atoms with Gasteiger partial charge in [-0.2, -0.15) is 13.2 Å². The van der Waals surface area contributed by atoms with Crippen molar-refractivity contribution < 1.29 is 27.1 Å². The van der Waals surface area contributed by atoms with Crippen LogP contribution in [0.5, 0.6) is 0 Å². The normalized spacial score (nSPS) is 30.8. The van der Waals surface area contributed by atoms with Gasteiger partial charge in [-0.3, -0.25) is 10.1 Å². The molecule has 7 nitrogen and oxygen atoms in total. The van der Waals surface area contributed by atoms with E-state index in [4.69, 9.17) is 4.74 Å². The lowest BCUT2D eigenvalue weighted by Gasteiger charge is -2.25. The highest BCUT2D eigenvalue weighted by Gasteiger charge is 2.44. The van der Waals surface area contributed by atoms with Crippen molar-refractivity contribution >= 4 is 11.9 Å². The molecule has 1 aliphatic heterocycles. The molecule has 0 aromatic heterocycles. The van der Waals surface area contributed by atoms with Gasteiger partial charge < -0.3 is 10.1 Å². The Morgan fingerprint density at radius 1 is 1.26 bits per heavy atom. The van der Waals surface area contributed by atoms with E-state index in [2.05, 4.69) is 26.5 Å². The minimum absolute atomic E-state index is 0.0778. The van der Waals surface area contributed by atoms with E-state index in [0.29, 0.717) is 32.3 Å². The van der Waals surface area contributed by atoms with Gasteiger partial charge in [0.1, 0.15) is 18.4 Å². The van der Waals surface area contributed by atoms with Gasteiger partial charge in [-0.1, -0.05) is 0 Å². The maximum Gasteiger partial charge on any atom is 0.405 e. The first-order valence-electron chi connectivity index (χ1n) is 9.05. The lowest BCUT2D eigenvalue weighted by Crippen LogP contribution is -2.49. The SMILES string of the molecule is COC[C@H](C)N/C(=N\C1CC(C(F)(F)F)NN1)NC(=O)C1CCC(F)CC1. The van der Waals surface area contributed by atoms with Crippen LogP contribution in [0.25, 0.3) is 0 Å². The highest BCUT2D eigenvalue weighted by molar-refractivity contribution is 5.98. The van der Waals surface area contributed by atoms with Crippen molar-refractivity contribution in [1.82, 2.24) is 21.5 Å². The van der Waals surface area contributed by atoms with E-state index in [9.17, 15) is 22.4 Å². The second kappa shape index (κ2) is 9.65. The van der Waals surface area contributed by atoms with Crippen molar-refractivity contribution in [2.75, 3.05) is 13.7 Å². The number of rotatable bonds is 5. The molecule has 0 aromatic rings. The predicted molar refractivity (Wildman–Crippen MR) is 91.4 cm³/mol. The number of alkyl halides is 4. The Morgan fingerprint density at radius 3 is 2.48 bits per heavy atom. The van der Waals surface area contributed by atoms with E-state index in [1.807, 2.05) is 0 Å². The van der Waals surface area contributed by atoms with E-state index in [1.54, 1.807) is 6.92 Å². The highest BCUT2D eigenvalue weighted by atomic mass is 19.4. The third-order valence-corrected chi connectivity index (χ3v) is 4.63. The molecule has 2 unspecified atom stereocenters. The van der Waals surface area contributed by atoms with Crippen molar-refractivity contribution in [2.45, 2.75) is 69.6 Å². The molecule has 0 spiro atoms. The van der Waals surface area contributed by atoms with Crippen LogP contribution in [0.3, 0.4) is 0 Å². The second-order valence-electron chi connectivity index (χ2n) is 7.05. The Morgan fingerprint density at radius 2 is 1.93 bits per heavy atom. The maximum absolute atomic E-state index is 13.3. The summed E-state index contributed by atoms with van der Waals surface area (Å²) in [6.07, 6.45) is -4.87. The monoisotopic (exact) mass is 397 g/mol. The van der Waals surface area contributed by atoms with Crippen molar-refractivity contribution in [3.05, 3.63) is 0 Å². The number of guanidine groups is 1. The summed E-state index contributed by atoms with van der Waals surface area (Å²) in [6, 6.07) is -1.93. The fraction of sp³-hybridized carbons (Fsp3) is 0.875. The number of halogens is 4. The summed E-state index contributed by atoms with van der Waals surface area (Å²) in [6.45, 7) is 2.11. The molecule has 1 saturated carbocycles. The molecule has 1 saturated heterocycles. The first-order valence-corrected chi connectivity index (χ1v) is 9.05. The van der Waals surface area contributed by atoms with Crippen LogP contribution < -0.4 is 21.5 Å². The van der Waals surface area contributed by atoms with E-state index in [-0.39, 0.29) is 30.2 Å². The van der Waals surface area contributed by atoms with Crippen LogP contribution in [0.4, 0.5) is 17.6 Å². The molecule has 0 radical (unpaired) electrons. The van der Waals surface area contributed by atoms with Crippen LogP contribution in [0.2, 0.25) is 0 Å². The van der Waals surface area contributed by atoms with Gasteiger partial charge in [0, 0.05) is 25.5 Å². The maximum atomic E-state index is 13.3. The molecular formula is C16H27F4N5O2. The van der Waals surface area contributed by atoms with Crippen LogP contribution in [-0.2, 0) is 9.53 Å². The number of hydrazine groups is 1. The van der Waals surface area contributed by atoms with Crippen LogP contribution in [0, 0.1) is 5.92 Å². The zero-order chi connectivity index (χ0) is 20.0. The number of carbonyl (C=O) groups excluding carboxylic acids is 1. The minimum atomic E-state index is -4.39. The number of ether oxygens (including phenoxy) is 1. The number of aliphatic imine (C=N–C) groups is 1. The molecule has 4 N–H and O–H groups in total. The standard InChI is InChI=1S/C16H27F4N5O2/c1-9(8-27-2)21-15(22-13-7-12(24-25-13)16(18,19)20)23-14(26)10-3-5-11(17)6-4-10/h9-13,24-25H,3-8H2,1-2H3,(H2,21,22,23,26)/t9-,10?,11?,12?,13?/m0/s1. The van der Waals surface area contributed by atoms with Gasteiger partial charge in [-0.25, -0.2) is 20.2 Å². The first kappa shape index (κ1) is 21.8. The lowest BCUT2D eigenvalue weighted by atomic mass is 9.87. The number of methoxy groups -OCH3 is 1. The minimum Gasteiger partial charge on any atom is -0.383 e. The van der Waals surface area contributed by atoms with Gasteiger partial charge >= 0.3 is 6.18 Å². The van der Waals surface area contributed by atoms with Crippen LogP contribution in [0.1, 0.15) is 39.0 Å². The van der Waals surface area contributed by atoms with Gasteiger partial charge in [0.2, 0.25) is 5.91 Å². The molecule has 1 heterocycles. The number of nitrogens with one attached hydrogen (secondary N) is 4. The lowest BCUT2D eigenvalue weighted by molar-refractivity contribution is -0.153. The first-order chi connectivity index (χ1) is 12.7. The zero-order valence-electron chi connectivity index (χ0n) is 15.4. The number of hydrogen-bond donors (Lipinski definition) is 4. The average Bonchev–Trinajstić information content (AvgIpc) is 3.04. The molecule has 1 amide bonds. The van der Waals surface area contributed by atoms with E-state index in [0.717, 1.165) is 0 Å². The van der Waals surface area contributed by atoms with Crippen molar-refractivity contribution in [3.8, 4) is 0 Å². The Balaban J connectivity index is 2.01. The topological polar surface area (TPSA) is 86.8 Å². The number of carbonyl (C=O) groups is 1. The van der Waals surface area contributed by atoms with Crippen molar-refractivity contribution in [2.24, 2.45) is 10.9 Å². The summed E-state index contributed by atoms with van der Waals surface area (Å²) in [5.41, 5.74) is 4.64. The van der Waals surface area contributed by atoms with Crippen LogP contribution in [0.15, 0.2) is 4.99 Å². The van der Waals surface area contributed by atoms with Crippen LogP contribution in [-0.4, -0.2) is 56.2 Å². The molecule has 2 aliphatic rings. The van der Waals surface area contributed by atoms with Gasteiger partial charge in [0.25, 0.3) is 0 Å². The Labute approximate surface area is 155 Å². The van der Waals surface area contributed by atoms with Gasteiger partial charge in [-0.15, -0.1) is 0 Å². The smallest absolute Gasteiger partial charge is 0.383 e. The fourth-order valence-electron chi connectivity index (χ4n) is 3.16. The molecular weight excluding hydrogens is 370 g/mol. The summed E-state index contributed by atoms with van der Waals surface area (Å²) in [7, 11) is 1.51. The molecule has 2 rings (SSSR count). The van der Waals surface area contributed by atoms with Crippen LogP contribution >= 0.6 is 0 Å². The quantitative estimate of drug-likeness (QED) is 0.320. The highest BCUT2D eigenvalue weighted by Crippen LogP contribution is 2.27. The molecule has 0 bridgehead atoms. The van der Waals surface area contributed by atoms with Gasteiger partial charge in [0.15, 0.2) is 5.96 Å². The summed E-state index contributed by atoms with van der Waals surface area (Å²) in [5.74, 6) is -0.565. The largest absolute Gasteiger partial charge is 0.405 e. The molecule has 3 atom stereocenters. The fourth-order valence-corrected chi connectivity index (χ4v) is 3.16. The zero-order valence-corrected chi connectivity index (χ0v) is 15.4. The molecule has 1 aliphatic carbocycles. The number of amides is 1. The average molecular weight is 397 g/mol. The molecule has 11 heteroatoms. The van der Waals surface area contributed by atoms with Crippen molar-refractivity contribution in [1.29, 1.82) is 0 Å². The number of hydrogen-bond acceptors (Lipinski definition) is 5. The Kier molecular flexibility index (Phi) is 7.80. The predicted octanol–water partition coefficient (Wildman–Crippen LogP) is 1.37. The Bertz CT molecular complexity index is 523. The summed E-state index contributed by atoms with van der Waals surface area (Å²) < 4.78 is 56.6. The Hall–Kier alpha value is -1.46. The second-order valence-corrected chi connectivity index (χ2v) is 7.05. The van der Waals surface area contributed by atoms with Gasteiger partial charge in [0.05, 0.1) is 6.61 Å². The summed E-state index contributed by atoms with van der Waals surface area (Å²) in [4.78, 5) is 16.6. The third kappa shape index (κ3) is 6.89. The van der Waals surface area contributed by atoms with Crippen molar-refractivity contribution in [3.63, 3.8) is 0 Å². The molecule has 27 heavy (non-hydrogen) atoms. The molecule has 156 valence electrons. The van der Waals surface area contributed by atoms with E-state index < -0.39 is 24.6 Å². The molecule has 2 fully saturated rings. The molecule has 0 aromatic carbocycles. The van der Waals surface area contributed by atoms with E-state index in [1.165, 1.54) is 7.11 Å². The summed E-state index contributed by atoms with van der Waals surface area (Å²) >= 11 is 0. The third-order valence-electron chi connectivity index (χ3n) is 4.63. The summed E-state index contributed by atoms with van der Waals surface area (Å²) in [5, 5.41) is 5.59. The number of nitrogens with zero attached hydrogens (tertiary/aromatic N) is 1. The van der Waals surface area contributed by atoms with Gasteiger partial charge in [-0.05, 0) is 32.6 Å².